The molecule has 0 saturated heterocycles. The maximum Gasteiger partial charge on any atom is 0.125 e. The first-order chi connectivity index (χ1) is 7.31. The Labute approximate surface area is 88.0 Å². The number of nitrogens with two attached hydrogens (primary N) is 1. The van der Waals surface area contributed by atoms with Crippen LogP contribution in [0.5, 0.6) is 0 Å². The van der Waals surface area contributed by atoms with Crippen LogP contribution in [-0.2, 0) is 6.42 Å². The number of furan rings is 2. The van der Waals surface area contributed by atoms with Gasteiger partial charge in [-0.25, -0.2) is 5.43 Å². The highest BCUT2D eigenvalue weighted by Gasteiger charge is 2.17. The maximum absolute atomic E-state index is 5.50. The van der Waals surface area contributed by atoms with Gasteiger partial charge in [0.1, 0.15) is 11.5 Å². The Bertz CT molecular complexity index is 406. The molecule has 1 unspecified atom stereocenters. The fourth-order valence-corrected chi connectivity index (χ4v) is 1.60. The highest BCUT2D eigenvalue weighted by molar-refractivity contribution is 5.19. The molecule has 2 heterocycles. The average molecular weight is 206 g/mol. The Morgan fingerprint density at radius 3 is 2.73 bits per heavy atom. The van der Waals surface area contributed by atoms with Crippen molar-refractivity contribution in [3.63, 3.8) is 0 Å². The molecule has 4 heteroatoms. The van der Waals surface area contributed by atoms with E-state index >= 15 is 0 Å². The molecule has 0 aromatic carbocycles. The third kappa shape index (κ3) is 2.11. The van der Waals surface area contributed by atoms with Crippen molar-refractivity contribution in [2.75, 3.05) is 0 Å². The second-order valence-corrected chi connectivity index (χ2v) is 3.47. The number of hydrogen-bond acceptors (Lipinski definition) is 4. The molecular weight excluding hydrogens is 192 g/mol. The summed E-state index contributed by atoms with van der Waals surface area (Å²) in [5, 5.41) is 0. The summed E-state index contributed by atoms with van der Waals surface area (Å²) < 4.78 is 10.6. The molecule has 3 N–H and O–H groups in total. The first-order valence-electron chi connectivity index (χ1n) is 4.83. The lowest BCUT2D eigenvalue weighted by atomic mass is 10.1. The van der Waals surface area contributed by atoms with E-state index in [4.69, 9.17) is 14.7 Å². The molecular formula is C11H14N2O2. The van der Waals surface area contributed by atoms with E-state index in [9.17, 15) is 0 Å². The number of hydrogen-bond donors (Lipinski definition) is 2. The lowest BCUT2D eigenvalue weighted by Crippen LogP contribution is -2.29. The molecule has 0 aliphatic carbocycles. The molecule has 0 spiro atoms. The summed E-state index contributed by atoms with van der Waals surface area (Å²) in [6.07, 6.45) is 3.99. The van der Waals surface area contributed by atoms with Gasteiger partial charge < -0.3 is 8.83 Å². The van der Waals surface area contributed by atoms with Crippen LogP contribution < -0.4 is 11.3 Å². The Morgan fingerprint density at radius 2 is 2.20 bits per heavy atom. The molecule has 1 atom stereocenters. The second kappa shape index (κ2) is 4.33. The van der Waals surface area contributed by atoms with Crippen molar-refractivity contribution in [3.8, 4) is 0 Å². The topological polar surface area (TPSA) is 64.3 Å². The SMILES string of the molecule is Cc1ccoc1C(Cc1ccco1)NN. The zero-order chi connectivity index (χ0) is 10.7. The molecule has 0 radical (unpaired) electrons. The van der Waals surface area contributed by atoms with Crippen LogP contribution >= 0.6 is 0 Å². The summed E-state index contributed by atoms with van der Waals surface area (Å²) >= 11 is 0. The zero-order valence-electron chi connectivity index (χ0n) is 8.57. The summed E-state index contributed by atoms with van der Waals surface area (Å²) in [5.74, 6) is 7.24. The van der Waals surface area contributed by atoms with Gasteiger partial charge in [-0.2, -0.15) is 0 Å². The molecule has 0 saturated carbocycles. The maximum atomic E-state index is 5.50. The van der Waals surface area contributed by atoms with Crippen molar-refractivity contribution in [2.45, 2.75) is 19.4 Å². The van der Waals surface area contributed by atoms with Crippen LogP contribution in [0.2, 0.25) is 0 Å². The standard InChI is InChI=1S/C11H14N2O2/c1-8-4-6-15-11(8)10(13-12)7-9-3-2-5-14-9/h2-6,10,13H,7,12H2,1H3. The largest absolute Gasteiger partial charge is 0.469 e. The van der Waals surface area contributed by atoms with E-state index < -0.39 is 0 Å². The lowest BCUT2D eigenvalue weighted by molar-refractivity contribution is 0.387. The van der Waals surface area contributed by atoms with Gasteiger partial charge in [0.15, 0.2) is 0 Å². The molecule has 0 bridgehead atoms. The number of hydrazine groups is 1. The molecule has 15 heavy (non-hydrogen) atoms. The normalized spacial score (nSPS) is 12.9. The fourth-order valence-electron chi connectivity index (χ4n) is 1.60. The van der Waals surface area contributed by atoms with Gasteiger partial charge in [-0.1, -0.05) is 0 Å². The fraction of sp³-hybridized carbons (Fsp3) is 0.273. The van der Waals surface area contributed by atoms with E-state index in [1.54, 1.807) is 12.5 Å². The molecule has 4 nitrogen and oxygen atoms in total. The van der Waals surface area contributed by atoms with E-state index in [0.29, 0.717) is 6.42 Å². The molecule has 80 valence electrons. The molecule has 0 fully saturated rings. The summed E-state index contributed by atoms with van der Waals surface area (Å²) in [4.78, 5) is 0. The molecule has 2 rings (SSSR count). The van der Waals surface area contributed by atoms with E-state index in [0.717, 1.165) is 17.1 Å². The first-order valence-corrected chi connectivity index (χ1v) is 4.83. The molecule has 0 amide bonds. The third-order valence-electron chi connectivity index (χ3n) is 2.40. The van der Waals surface area contributed by atoms with Crippen molar-refractivity contribution >= 4 is 0 Å². The minimum atomic E-state index is -0.0499. The molecule has 2 aromatic rings. The molecule has 0 aliphatic rings. The van der Waals surface area contributed by atoms with Gasteiger partial charge in [0.2, 0.25) is 0 Å². The molecule has 0 aliphatic heterocycles. The van der Waals surface area contributed by atoms with Gasteiger partial charge >= 0.3 is 0 Å². The Morgan fingerprint density at radius 1 is 1.33 bits per heavy atom. The number of nitrogens with one attached hydrogen (secondary N) is 1. The smallest absolute Gasteiger partial charge is 0.125 e. The summed E-state index contributed by atoms with van der Waals surface area (Å²) in [6, 6.07) is 5.65. The average Bonchev–Trinajstić information content (AvgIpc) is 2.85. The van der Waals surface area contributed by atoms with Crippen molar-refractivity contribution in [3.05, 3.63) is 47.8 Å². The van der Waals surface area contributed by atoms with Gasteiger partial charge in [0, 0.05) is 6.42 Å². The van der Waals surface area contributed by atoms with Crippen molar-refractivity contribution in [2.24, 2.45) is 5.84 Å². The molecule has 2 aromatic heterocycles. The summed E-state index contributed by atoms with van der Waals surface area (Å²) in [7, 11) is 0. The van der Waals surface area contributed by atoms with E-state index in [1.807, 2.05) is 25.1 Å². The van der Waals surface area contributed by atoms with Crippen LogP contribution in [0.1, 0.15) is 23.1 Å². The van der Waals surface area contributed by atoms with Crippen LogP contribution in [0.4, 0.5) is 0 Å². The summed E-state index contributed by atoms with van der Waals surface area (Å²) in [6.45, 7) is 1.99. The van der Waals surface area contributed by atoms with Crippen LogP contribution in [0.15, 0.2) is 39.6 Å². The van der Waals surface area contributed by atoms with Crippen molar-refractivity contribution < 1.29 is 8.83 Å². The van der Waals surface area contributed by atoms with Gasteiger partial charge in [-0.15, -0.1) is 0 Å². The first kappa shape index (κ1) is 10.0. The van der Waals surface area contributed by atoms with Crippen LogP contribution in [0.25, 0.3) is 0 Å². The van der Waals surface area contributed by atoms with E-state index in [1.165, 1.54) is 0 Å². The van der Waals surface area contributed by atoms with Crippen molar-refractivity contribution in [1.82, 2.24) is 5.43 Å². The predicted molar refractivity (Wildman–Crippen MR) is 55.9 cm³/mol. The Kier molecular flexibility index (Phi) is 2.89. The number of rotatable bonds is 4. The Hall–Kier alpha value is -1.52. The van der Waals surface area contributed by atoms with Gasteiger partial charge in [0.25, 0.3) is 0 Å². The second-order valence-electron chi connectivity index (χ2n) is 3.47. The number of aryl methyl sites for hydroxylation is 1. The minimum Gasteiger partial charge on any atom is -0.469 e. The lowest BCUT2D eigenvalue weighted by Gasteiger charge is -2.12. The highest BCUT2D eigenvalue weighted by Crippen LogP contribution is 2.21. The summed E-state index contributed by atoms with van der Waals surface area (Å²) in [5.41, 5.74) is 3.82. The quantitative estimate of drug-likeness (QED) is 0.592. The van der Waals surface area contributed by atoms with Crippen LogP contribution in [0, 0.1) is 6.92 Å². The van der Waals surface area contributed by atoms with E-state index in [2.05, 4.69) is 5.43 Å². The third-order valence-corrected chi connectivity index (χ3v) is 2.40. The van der Waals surface area contributed by atoms with Gasteiger partial charge in [0.05, 0.1) is 18.6 Å². The van der Waals surface area contributed by atoms with Crippen molar-refractivity contribution in [1.29, 1.82) is 0 Å². The predicted octanol–water partition coefficient (Wildman–Crippen LogP) is 1.93. The minimum absolute atomic E-state index is 0.0499. The van der Waals surface area contributed by atoms with Crippen LogP contribution in [-0.4, -0.2) is 0 Å². The Balaban J connectivity index is 2.15. The zero-order valence-corrected chi connectivity index (χ0v) is 8.57. The highest BCUT2D eigenvalue weighted by atomic mass is 16.3. The van der Waals surface area contributed by atoms with Gasteiger partial charge in [-0.3, -0.25) is 5.84 Å². The van der Waals surface area contributed by atoms with Gasteiger partial charge in [-0.05, 0) is 30.7 Å². The monoisotopic (exact) mass is 206 g/mol. The van der Waals surface area contributed by atoms with E-state index in [-0.39, 0.29) is 6.04 Å². The van der Waals surface area contributed by atoms with Crippen LogP contribution in [0.3, 0.4) is 0 Å².